The van der Waals surface area contributed by atoms with Crippen LogP contribution in [0.15, 0.2) is 6.20 Å². The van der Waals surface area contributed by atoms with E-state index >= 15 is 0 Å². The van der Waals surface area contributed by atoms with Gasteiger partial charge in [0, 0.05) is 20.8 Å². The summed E-state index contributed by atoms with van der Waals surface area (Å²) in [7, 11) is 0. The highest BCUT2D eigenvalue weighted by molar-refractivity contribution is 5.67. The average Bonchev–Trinajstić information content (AvgIpc) is 3.28. The van der Waals surface area contributed by atoms with Gasteiger partial charge in [-0.3, -0.25) is 14.4 Å². The number of nitrogens with zero attached hydrogens (tertiary/aromatic N) is 3. The van der Waals surface area contributed by atoms with Crippen molar-refractivity contribution in [3.63, 3.8) is 0 Å². The van der Waals surface area contributed by atoms with Gasteiger partial charge in [0.2, 0.25) is 0 Å². The number of unbranched alkanes of at least 4 members (excludes halogenated alkanes) is 5. The number of carbonyl (C=O) groups excluding carboxylic acids is 3. The molecule has 0 radical (unpaired) electrons. The Morgan fingerprint density at radius 3 is 2.26 bits per heavy atom. The Kier molecular flexibility index (Phi) is 9.90. The summed E-state index contributed by atoms with van der Waals surface area (Å²) in [6.07, 6.45) is 5.99. The predicted octanol–water partition coefficient (Wildman–Crippen LogP) is 2.51. The van der Waals surface area contributed by atoms with Crippen LogP contribution in [-0.4, -0.2) is 57.8 Å². The Hall–Kier alpha value is -2.49. The fraction of sp³-hybridized carbons (Fsp3) is 0.762. The molecule has 31 heavy (non-hydrogen) atoms. The molecule has 0 bridgehead atoms. The lowest BCUT2D eigenvalue weighted by Crippen LogP contribution is -2.40. The predicted molar refractivity (Wildman–Crippen MR) is 109 cm³/mol. The first-order chi connectivity index (χ1) is 14.8. The third kappa shape index (κ3) is 7.93. The van der Waals surface area contributed by atoms with E-state index in [0.29, 0.717) is 0 Å². The Morgan fingerprint density at radius 1 is 0.968 bits per heavy atom. The van der Waals surface area contributed by atoms with Crippen LogP contribution in [0.3, 0.4) is 0 Å². The average molecular weight is 440 g/mol. The molecule has 1 saturated heterocycles. The first-order valence-corrected chi connectivity index (χ1v) is 10.9. The van der Waals surface area contributed by atoms with Gasteiger partial charge >= 0.3 is 17.9 Å². The number of carbonyl (C=O) groups is 3. The van der Waals surface area contributed by atoms with Gasteiger partial charge in [-0.2, -0.15) is 0 Å². The van der Waals surface area contributed by atoms with Gasteiger partial charge < -0.3 is 18.9 Å². The number of hydrogen-bond donors (Lipinski definition) is 0. The second-order valence-electron chi connectivity index (χ2n) is 7.72. The zero-order chi connectivity index (χ0) is 22.8. The standard InChI is InChI=1S/C21H33N3O7/c1-5-6-7-8-9-10-11-17-12-24(23-22-17)21-20(30-16(4)27)19(29-15(3)26)18(31-21)13-28-14(2)25/h12,18-21H,5-11,13H2,1-4H3/t18-,19-,20-,21-/m1/s1. The van der Waals surface area contributed by atoms with E-state index in [0.717, 1.165) is 25.0 Å². The summed E-state index contributed by atoms with van der Waals surface area (Å²) in [6, 6.07) is 0. The first kappa shape index (κ1) is 24.8. The van der Waals surface area contributed by atoms with Crippen molar-refractivity contribution in [2.24, 2.45) is 0 Å². The Labute approximate surface area is 182 Å². The van der Waals surface area contributed by atoms with Crippen molar-refractivity contribution in [1.29, 1.82) is 0 Å². The minimum Gasteiger partial charge on any atom is -0.463 e. The second kappa shape index (κ2) is 12.4. The number of aromatic nitrogens is 3. The molecule has 1 fully saturated rings. The highest BCUT2D eigenvalue weighted by atomic mass is 16.7. The zero-order valence-electron chi connectivity index (χ0n) is 18.7. The molecule has 0 aliphatic carbocycles. The zero-order valence-corrected chi connectivity index (χ0v) is 18.7. The Balaban J connectivity index is 2.09. The third-order valence-electron chi connectivity index (χ3n) is 4.95. The summed E-state index contributed by atoms with van der Waals surface area (Å²) in [5.74, 6) is -1.63. The fourth-order valence-electron chi connectivity index (χ4n) is 3.54. The van der Waals surface area contributed by atoms with Crippen LogP contribution in [0.25, 0.3) is 0 Å². The third-order valence-corrected chi connectivity index (χ3v) is 4.95. The maximum atomic E-state index is 11.7. The number of esters is 3. The van der Waals surface area contributed by atoms with Crippen LogP contribution in [0.4, 0.5) is 0 Å². The van der Waals surface area contributed by atoms with Crippen molar-refractivity contribution in [1.82, 2.24) is 15.0 Å². The van der Waals surface area contributed by atoms with Crippen LogP contribution in [0.5, 0.6) is 0 Å². The lowest BCUT2D eigenvalue weighted by atomic mass is 10.1. The van der Waals surface area contributed by atoms with Crippen molar-refractivity contribution < 1.29 is 33.3 Å². The van der Waals surface area contributed by atoms with E-state index in [1.54, 1.807) is 6.20 Å². The topological polar surface area (TPSA) is 119 Å². The maximum absolute atomic E-state index is 11.7. The molecule has 0 unspecified atom stereocenters. The number of ether oxygens (including phenoxy) is 4. The first-order valence-electron chi connectivity index (χ1n) is 10.9. The van der Waals surface area contributed by atoms with E-state index in [4.69, 9.17) is 18.9 Å². The van der Waals surface area contributed by atoms with E-state index in [2.05, 4.69) is 17.2 Å². The normalized spacial score (nSPS) is 22.8. The number of aryl methyl sites for hydroxylation is 1. The van der Waals surface area contributed by atoms with Gasteiger partial charge in [-0.15, -0.1) is 5.10 Å². The fourth-order valence-corrected chi connectivity index (χ4v) is 3.54. The quantitative estimate of drug-likeness (QED) is 0.275. The summed E-state index contributed by atoms with van der Waals surface area (Å²) in [4.78, 5) is 34.5. The molecule has 1 aromatic heterocycles. The van der Waals surface area contributed by atoms with Gasteiger partial charge in [0.25, 0.3) is 0 Å². The molecule has 0 spiro atoms. The molecule has 2 heterocycles. The monoisotopic (exact) mass is 439 g/mol. The molecule has 4 atom stereocenters. The smallest absolute Gasteiger partial charge is 0.303 e. The van der Waals surface area contributed by atoms with E-state index in [1.165, 1.54) is 51.1 Å². The van der Waals surface area contributed by atoms with Crippen molar-refractivity contribution in [3.8, 4) is 0 Å². The summed E-state index contributed by atoms with van der Waals surface area (Å²) < 4.78 is 23.2. The molecule has 1 aliphatic rings. The molecule has 0 aromatic carbocycles. The van der Waals surface area contributed by atoms with Crippen molar-refractivity contribution in [2.45, 2.75) is 97.2 Å². The van der Waals surface area contributed by atoms with Crippen LogP contribution in [0.2, 0.25) is 0 Å². The number of rotatable bonds is 12. The van der Waals surface area contributed by atoms with Crippen molar-refractivity contribution in [3.05, 3.63) is 11.9 Å². The van der Waals surface area contributed by atoms with Gasteiger partial charge in [-0.25, -0.2) is 4.68 Å². The molecule has 10 nitrogen and oxygen atoms in total. The number of hydrogen-bond acceptors (Lipinski definition) is 9. The molecule has 2 rings (SSSR count). The van der Waals surface area contributed by atoms with Gasteiger partial charge in [-0.1, -0.05) is 44.2 Å². The highest BCUT2D eigenvalue weighted by Gasteiger charge is 2.51. The highest BCUT2D eigenvalue weighted by Crippen LogP contribution is 2.34. The van der Waals surface area contributed by atoms with E-state index in [-0.39, 0.29) is 6.61 Å². The largest absolute Gasteiger partial charge is 0.463 e. The van der Waals surface area contributed by atoms with Gasteiger partial charge in [0.1, 0.15) is 12.7 Å². The van der Waals surface area contributed by atoms with Gasteiger partial charge in [0.05, 0.1) is 11.9 Å². The Morgan fingerprint density at radius 2 is 1.61 bits per heavy atom. The molecule has 0 saturated carbocycles. The molecule has 10 heteroatoms. The SMILES string of the molecule is CCCCCCCCc1cn([C@@H]2O[C@H](COC(C)=O)[C@@H](OC(C)=O)[C@H]2OC(C)=O)nn1. The molecule has 1 aliphatic heterocycles. The van der Waals surface area contributed by atoms with Crippen LogP contribution < -0.4 is 0 Å². The van der Waals surface area contributed by atoms with E-state index in [1.807, 2.05) is 0 Å². The van der Waals surface area contributed by atoms with E-state index in [9.17, 15) is 14.4 Å². The lowest BCUT2D eigenvalue weighted by molar-refractivity contribution is -0.166. The second-order valence-corrected chi connectivity index (χ2v) is 7.72. The van der Waals surface area contributed by atoms with E-state index < -0.39 is 42.4 Å². The van der Waals surface area contributed by atoms with Crippen LogP contribution in [-0.2, 0) is 39.8 Å². The molecule has 174 valence electrons. The lowest BCUT2D eigenvalue weighted by Gasteiger charge is -2.23. The maximum Gasteiger partial charge on any atom is 0.303 e. The van der Waals surface area contributed by atoms with Crippen LogP contribution in [0.1, 0.15) is 78.1 Å². The molecule has 0 N–H and O–H groups in total. The minimum absolute atomic E-state index is 0.152. The molecule has 1 aromatic rings. The van der Waals surface area contributed by atoms with Crippen molar-refractivity contribution >= 4 is 17.9 Å². The summed E-state index contributed by atoms with van der Waals surface area (Å²) >= 11 is 0. The summed E-state index contributed by atoms with van der Waals surface area (Å²) in [5.41, 5.74) is 0.799. The Bertz CT molecular complexity index is 736. The van der Waals surface area contributed by atoms with Gasteiger partial charge in [-0.05, 0) is 12.8 Å². The van der Waals surface area contributed by atoms with Crippen LogP contribution in [0, 0.1) is 0 Å². The summed E-state index contributed by atoms with van der Waals surface area (Å²) in [5, 5.41) is 8.32. The van der Waals surface area contributed by atoms with Gasteiger partial charge in [0.15, 0.2) is 18.4 Å². The molecule has 0 amide bonds. The summed E-state index contributed by atoms with van der Waals surface area (Å²) in [6.45, 7) is 5.81. The molecular weight excluding hydrogens is 406 g/mol. The van der Waals surface area contributed by atoms with Crippen LogP contribution >= 0.6 is 0 Å². The van der Waals surface area contributed by atoms with Crippen molar-refractivity contribution in [2.75, 3.05) is 6.61 Å². The minimum atomic E-state index is -0.953. The molecular formula is C21H33N3O7.